The minimum atomic E-state index is -0.261. The molecule has 2 aliphatic rings. The van der Waals surface area contributed by atoms with Crippen LogP contribution in [0.1, 0.15) is 24.0 Å². The number of imide groups is 1. The van der Waals surface area contributed by atoms with E-state index in [1.54, 1.807) is 17.0 Å². The first kappa shape index (κ1) is 18.2. The van der Waals surface area contributed by atoms with Gasteiger partial charge in [-0.05, 0) is 61.3 Å². The molecule has 6 heteroatoms. The summed E-state index contributed by atoms with van der Waals surface area (Å²) >= 11 is 3.37. The monoisotopic (exact) mass is 427 g/mol. The van der Waals surface area contributed by atoms with Crippen molar-refractivity contribution in [2.24, 2.45) is 0 Å². The molecule has 2 saturated heterocycles. The molecule has 27 heavy (non-hydrogen) atoms. The van der Waals surface area contributed by atoms with Gasteiger partial charge in [-0.1, -0.05) is 40.2 Å². The van der Waals surface area contributed by atoms with E-state index in [1.807, 2.05) is 12.1 Å². The molecule has 0 N–H and O–H groups in total. The van der Waals surface area contributed by atoms with E-state index in [0.29, 0.717) is 12.2 Å². The highest BCUT2D eigenvalue weighted by Gasteiger charge is 2.36. The standard InChI is InChI=1S/C21H22BrN3O2/c22-18-7-9-19(10-8-18)25-20(26)15-24(21(25)27)14-17-5-3-16(4-6-17)13-23-11-1-2-12-23/h3-10H,1-2,11-15H2. The zero-order chi connectivity index (χ0) is 18.8. The Hall–Kier alpha value is -2.18. The zero-order valence-corrected chi connectivity index (χ0v) is 16.7. The molecule has 0 aromatic heterocycles. The molecule has 4 rings (SSSR count). The second-order valence-corrected chi connectivity index (χ2v) is 8.06. The molecule has 5 nitrogen and oxygen atoms in total. The number of carbonyl (C=O) groups excluding carboxylic acids is 2. The highest BCUT2D eigenvalue weighted by molar-refractivity contribution is 9.10. The molecule has 0 spiro atoms. The summed E-state index contributed by atoms with van der Waals surface area (Å²) in [5, 5.41) is 0. The number of nitrogens with zero attached hydrogens (tertiary/aromatic N) is 3. The van der Waals surface area contributed by atoms with Crippen molar-refractivity contribution >= 4 is 33.6 Å². The van der Waals surface area contributed by atoms with Crippen molar-refractivity contribution in [1.29, 1.82) is 0 Å². The number of urea groups is 1. The fraction of sp³-hybridized carbons (Fsp3) is 0.333. The third kappa shape index (κ3) is 4.06. The van der Waals surface area contributed by atoms with Gasteiger partial charge >= 0.3 is 6.03 Å². The van der Waals surface area contributed by atoms with E-state index in [4.69, 9.17) is 0 Å². The molecular formula is C21H22BrN3O2. The predicted molar refractivity (Wildman–Crippen MR) is 108 cm³/mol. The molecule has 0 bridgehead atoms. The Morgan fingerprint density at radius 2 is 1.41 bits per heavy atom. The predicted octanol–water partition coefficient (Wildman–Crippen LogP) is 4.01. The van der Waals surface area contributed by atoms with Gasteiger partial charge in [0.15, 0.2) is 0 Å². The molecule has 0 radical (unpaired) electrons. The Morgan fingerprint density at radius 1 is 0.815 bits per heavy atom. The fourth-order valence-electron chi connectivity index (χ4n) is 3.69. The zero-order valence-electron chi connectivity index (χ0n) is 15.1. The Morgan fingerprint density at radius 3 is 2.04 bits per heavy atom. The van der Waals surface area contributed by atoms with Gasteiger partial charge in [-0.15, -0.1) is 0 Å². The quantitative estimate of drug-likeness (QED) is 0.676. The average molecular weight is 428 g/mol. The largest absolute Gasteiger partial charge is 0.332 e. The van der Waals surface area contributed by atoms with Crippen LogP contribution in [-0.2, 0) is 17.9 Å². The van der Waals surface area contributed by atoms with E-state index in [9.17, 15) is 9.59 Å². The van der Waals surface area contributed by atoms with Crippen molar-refractivity contribution in [1.82, 2.24) is 9.80 Å². The molecular weight excluding hydrogens is 406 g/mol. The summed E-state index contributed by atoms with van der Waals surface area (Å²) in [7, 11) is 0. The average Bonchev–Trinajstić information content (AvgIpc) is 3.26. The van der Waals surface area contributed by atoms with E-state index in [-0.39, 0.29) is 18.5 Å². The Bertz CT molecular complexity index is 830. The highest BCUT2D eigenvalue weighted by atomic mass is 79.9. The summed E-state index contributed by atoms with van der Waals surface area (Å²) < 4.78 is 0.913. The van der Waals surface area contributed by atoms with E-state index < -0.39 is 0 Å². The Kier molecular flexibility index (Phi) is 5.27. The van der Waals surface area contributed by atoms with Crippen molar-refractivity contribution in [3.63, 3.8) is 0 Å². The first-order chi connectivity index (χ1) is 13.1. The molecule has 0 saturated carbocycles. The van der Waals surface area contributed by atoms with Gasteiger partial charge in [0.05, 0.1) is 5.69 Å². The molecule has 0 unspecified atom stereocenters. The number of benzene rings is 2. The first-order valence-corrected chi connectivity index (χ1v) is 10.1. The summed E-state index contributed by atoms with van der Waals surface area (Å²) in [6.45, 7) is 3.90. The van der Waals surface area contributed by atoms with Crippen LogP contribution in [0, 0.1) is 0 Å². The number of hydrogen-bond acceptors (Lipinski definition) is 3. The lowest BCUT2D eigenvalue weighted by Gasteiger charge is -2.18. The maximum Gasteiger partial charge on any atom is 0.332 e. The topological polar surface area (TPSA) is 43.9 Å². The molecule has 2 aromatic carbocycles. The van der Waals surface area contributed by atoms with E-state index in [0.717, 1.165) is 16.6 Å². The highest BCUT2D eigenvalue weighted by Crippen LogP contribution is 2.24. The first-order valence-electron chi connectivity index (χ1n) is 9.28. The lowest BCUT2D eigenvalue weighted by Crippen LogP contribution is -2.32. The number of likely N-dealkylation sites (tertiary alicyclic amines) is 1. The SMILES string of the molecule is O=C1CN(Cc2ccc(CN3CCCC3)cc2)C(=O)N1c1ccc(Br)cc1. The lowest BCUT2D eigenvalue weighted by molar-refractivity contribution is -0.116. The molecule has 2 heterocycles. The number of anilines is 1. The number of carbonyl (C=O) groups is 2. The van der Waals surface area contributed by atoms with Crippen LogP contribution in [0.5, 0.6) is 0 Å². The van der Waals surface area contributed by atoms with Crippen LogP contribution < -0.4 is 4.90 Å². The van der Waals surface area contributed by atoms with Gasteiger partial charge in [0.1, 0.15) is 6.54 Å². The van der Waals surface area contributed by atoms with Crippen molar-refractivity contribution in [3.05, 3.63) is 64.1 Å². The summed E-state index contributed by atoms with van der Waals surface area (Å²) in [5.41, 5.74) is 2.94. The molecule has 3 amide bonds. The Labute approximate surface area is 167 Å². The smallest absolute Gasteiger partial charge is 0.310 e. The van der Waals surface area contributed by atoms with Crippen LogP contribution in [0.2, 0.25) is 0 Å². The van der Waals surface area contributed by atoms with Gasteiger partial charge in [0.25, 0.3) is 5.91 Å². The fourth-order valence-corrected chi connectivity index (χ4v) is 3.95. The minimum absolute atomic E-state index is 0.116. The van der Waals surface area contributed by atoms with Gasteiger partial charge in [-0.2, -0.15) is 0 Å². The second-order valence-electron chi connectivity index (χ2n) is 7.14. The van der Waals surface area contributed by atoms with Crippen LogP contribution in [0.3, 0.4) is 0 Å². The van der Waals surface area contributed by atoms with Crippen LogP contribution in [0.4, 0.5) is 10.5 Å². The van der Waals surface area contributed by atoms with Crippen molar-refractivity contribution in [2.75, 3.05) is 24.5 Å². The third-order valence-electron chi connectivity index (χ3n) is 5.12. The van der Waals surface area contributed by atoms with Crippen molar-refractivity contribution in [2.45, 2.75) is 25.9 Å². The van der Waals surface area contributed by atoms with Crippen molar-refractivity contribution in [3.8, 4) is 0 Å². The van der Waals surface area contributed by atoms with Crippen molar-refractivity contribution < 1.29 is 9.59 Å². The maximum absolute atomic E-state index is 12.7. The third-order valence-corrected chi connectivity index (χ3v) is 5.65. The number of halogens is 1. The molecule has 2 aromatic rings. The normalized spacial score (nSPS) is 18.0. The molecule has 140 valence electrons. The van der Waals surface area contributed by atoms with Gasteiger partial charge in [0, 0.05) is 17.6 Å². The molecule has 2 aliphatic heterocycles. The second kappa shape index (κ2) is 7.82. The molecule has 2 fully saturated rings. The summed E-state index contributed by atoms with van der Waals surface area (Å²) in [5.74, 6) is -0.187. The van der Waals surface area contributed by atoms with Crippen LogP contribution in [0.15, 0.2) is 53.0 Å². The number of amides is 3. The van der Waals surface area contributed by atoms with Gasteiger partial charge in [-0.3, -0.25) is 9.69 Å². The van der Waals surface area contributed by atoms with Crippen LogP contribution in [0.25, 0.3) is 0 Å². The van der Waals surface area contributed by atoms with Gasteiger partial charge in [-0.25, -0.2) is 9.69 Å². The van der Waals surface area contributed by atoms with E-state index >= 15 is 0 Å². The summed E-state index contributed by atoms with van der Waals surface area (Å²) in [6, 6.07) is 15.3. The Balaban J connectivity index is 1.41. The minimum Gasteiger partial charge on any atom is -0.310 e. The lowest BCUT2D eigenvalue weighted by atomic mass is 10.1. The van der Waals surface area contributed by atoms with Crippen LogP contribution in [-0.4, -0.2) is 41.4 Å². The maximum atomic E-state index is 12.7. The molecule has 0 atom stereocenters. The number of rotatable bonds is 5. The number of hydrogen-bond donors (Lipinski definition) is 0. The van der Waals surface area contributed by atoms with E-state index in [1.165, 1.54) is 36.4 Å². The summed E-state index contributed by atoms with van der Waals surface area (Å²) in [6.07, 6.45) is 2.58. The summed E-state index contributed by atoms with van der Waals surface area (Å²) in [4.78, 5) is 30.4. The van der Waals surface area contributed by atoms with Crippen LogP contribution >= 0.6 is 15.9 Å². The van der Waals surface area contributed by atoms with E-state index in [2.05, 4.69) is 45.1 Å². The van der Waals surface area contributed by atoms with Gasteiger partial charge in [0.2, 0.25) is 0 Å². The van der Waals surface area contributed by atoms with Gasteiger partial charge < -0.3 is 4.90 Å². The molecule has 0 aliphatic carbocycles.